The summed E-state index contributed by atoms with van der Waals surface area (Å²) in [7, 11) is 0. The molecule has 2 aromatic rings. The molecule has 0 bridgehead atoms. The van der Waals surface area contributed by atoms with Gasteiger partial charge in [-0.25, -0.2) is 4.68 Å². The predicted octanol–water partition coefficient (Wildman–Crippen LogP) is 4.82. The van der Waals surface area contributed by atoms with Gasteiger partial charge in [-0.1, -0.05) is 62.2 Å². The molecule has 0 saturated carbocycles. The van der Waals surface area contributed by atoms with Crippen LogP contribution in [0.1, 0.15) is 45.6 Å². The molecule has 0 saturated heterocycles. The molecule has 1 heterocycles. The lowest BCUT2D eigenvalue weighted by Gasteiger charge is -2.25. The zero-order chi connectivity index (χ0) is 15.1. The molecule has 0 N–H and O–H groups in total. The maximum absolute atomic E-state index is 4.42. The van der Waals surface area contributed by atoms with Crippen molar-refractivity contribution < 1.29 is 0 Å². The van der Waals surface area contributed by atoms with Crippen LogP contribution in [0.5, 0.6) is 0 Å². The summed E-state index contributed by atoms with van der Waals surface area (Å²) in [5, 5.41) is 9.40. The van der Waals surface area contributed by atoms with Crippen molar-refractivity contribution in [2.45, 2.75) is 50.8 Å². The van der Waals surface area contributed by atoms with Crippen LogP contribution in [-0.4, -0.2) is 26.5 Å². The van der Waals surface area contributed by atoms with Crippen LogP contribution in [0.4, 0.5) is 0 Å². The van der Waals surface area contributed by atoms with Gasteiger partial charge in [0.25, 0.3) is 0 Å². The Morgan fingerprint density at radius 1 is 1.10 bits per heavy atom. The molecule has 0 aliphatic heterocycles. The van der Waals surface area contributed by atoms with Crippen LogP contribution < -0.4 is 0 Å². The molecule has 0 aliphatic rings. The number of hydrogen-bond donors (Lipinski definition) is 0. The lowest BCUT2D eigenvalue weighted by atomic mass is 10.0. The highest BCUT2D eigenvalue weighted by atomic mass is 32.2. The van der Waals surface area contributed by atoms with Crippen molar-refractivity contribution in [3.05, 3.63) is 36.5 Å². The Kier molecular flexibility index (Phi) is 6.30. The minimum atomic E-state index is 0.440. The number of thioether (sulfide) groups is 1. The quantitative estimate of drug-likeness (QED) is 0.700. The van der Waals surface area contributed by atoms with E-state index in [1.807, 2.05) is 30.0 Å². The maximum atomic E-state index is 4.42. The minimum absolute atomic E-state index is 0.440. The summed E-state index contributed by atoms with van der Waals surface area (Å²) in [6.45, 7) is 4.49. The number of rotatable bonds is 8. The third-order valence-corrected chi connectivity index (χ3v) is 4.96. The molecule has 0 aliphatic carbocycles. The topological polar surface area (TPSA) is 30.7 Å². The largest absolute Gasteiger partial charge is 0.248 e. The normalized spacial score (nSPS) is 14.0. The lowest BCUT2D eigenvalue weighted by molar-refractivity contribution is 0.386. The molecule has 0 amide bonds. The Morgan fingerprint density at radius 3 is 2.43 bits per heavy atom. The van der Waals surface area contributed by atoms with E-state index in [4.69, 9.17) is 0 Å². The summed E-state index contributed by atoms with van der Waals surface area (Å²) in [5.74, 6) is 0. The van der Waals surface area contributed by atoms with E-state index in [0.717, 1.165) is 17.7 Å². The van der Waals surface area contributed by atoms with E-state index in [0.29, 0.717) is 11.3 Å². The van der Waals surface area contributed by atoms with Crippen molar-refractivity contribution in [2.75, 3.05) is 6.26 Å². The van der Waals surface area contributed by atoms with Crippen LogP contribution in [0.25, 0.3) is 11.3 Å². The van der Waals surface area contributed by atoms with Gasteiger partial charge in [0.1, 0.15) is 5.69 Å². The molecule has 4 heteroatoms. The van der Waals surface area contributed by atoms with Gasteiger partial charge in [0, 0.05) is 10.8 Å². The summed E-state index contributed by atoms with van der Waals surface area (Å²) in [4.78, 5) is 0. The smallest absolute Gasteiger partial charge is 0.113 e. The van der Waals surface area contributed by atoms with Crippen LogP contribution in [0.2, 0.25) is 0 Å². The number of aromatic nitrogens is 3. The average Bonchev–Trinajstić information content (AvgIpc) is 3.01. The van der Waals surface area contributed by atoms with Crippen molar-refractivity contribution >= 4 is 11.8 Å². The maximum Gasteiger partial charge on any atom is 0.113 e. The summed E-state index contributed by atoms with van der Waals surface area (Å²) in [5.41, 5.74) is 2.10. The SMILES string of the molecule is CCCC([C@@H](CCC)SC)n1cc(-c2ccccc2)nn1. The summed E-state index contributed by atoms with van der Waals surface area (Å²) in [6, 6.07) is 10.7. The Labute approximate surface area is 132 Å². The molecule has 2 atom stereocenters. The van der Waals surface area contributed by atoms with Crippen LogP contribution >= 0.6 is 11.8 Å². The predicted molar refractivity (Wildman–Crippen MR) is 91.6 cm³/mol. The van der Waals surface area contributed by atoms with Crippen LogP contribution in [0.3, 0.4) is 0 Å². The zero-order valence-corrected chi connectivity index (χ0v) is 14.0. The standard InChI is InChI=1S/C17H25N3S/c1-4-9-16(17(21-3)10-5-2)20-13-15(18-19-20)14-11-7-6-8-12-14/h6-8,11-13,16-17H,4-5,9-10H2,1-3H3/t16?,17-/m1/s1. The van der Waals surface area contributed by atoms with Gasteiger partial charge in [-0.15, -0.1) is 5.10 Å². The molecular weight excluding hydrogens is 278 g/mol. The third-order valence-electron chi connectivity index (χ3n) is 3.81. The van der Waals surface area contributed by atoms with E-state index < -0.39 is 0 Å². The van der Waals surface area contributed by atoms with Crippen LogP contribution in [0, 0.1) is 0 Å². The molecule has 0 spiro atoms. The zero-order valence-electron chi connectivity index (χ0n) is 13.2. The molecule has 114 valence electrons. The van der Waals surface area contributed by atoms with Gasteiger partial charge < -0.3 is 0 Å². The number of benzene rings is 1. The Bertz CT molecular complexity index is 524. The second kappa shape index (κ2) is 8.23. The van der Waals surface area contributed by atoms with E-state index in [-0.39, 0.29) is 0 Å². The van der Waals surface area contributed by atoms with Crippen molar-refractivity contribution in [3.8, 4) is 11.3 Å². The molecule has 3 nitrogen and oxygen atoms in total. The van der Waals surface area contributed by atoms with E-state index >= 15 is 0 Å². The van der Waals surface area contributed by atoms with Crippen molar-refractivity contribution in [2.24, 2.45) is 0 Å². The van der Waals surface area contributed by atoms with Gasteiger partial charge in [0.2, 0.25) is 0 Å². The molecular formula is C17H25N3S. The van der Waals surface area contributed by atoms with Crippen molar-refractivity contribution in [1.29, 1.82) is 0 Å². The fourth-order valence-electron chi connectivity index (χ4n) is 2.72. The highest BCUT2D eigenvalue weighted by molar-refractivity contribution is 7.99. The van der Waals surface area contributed by atoms with Gasteiger partial charge in [-0.3, -0.25) is 0 Å². The minimum Gasteiger partial charge on any atom is -0.248 e. The van der Waals surface area contributed by atoms with Gasteiger partial charge in [-0.05, 0) is 19.1 Å². The second-order valence-corrected chi connectivity index (χ2v) is 6.45. The van der Waals surface area contributed by atoms with E-state index in [2.05, 4.69) is 53.4 Å². The Hall–Kier alpha value is -1.29. The van der Waals surface area contributed by atoms with Crippen molar-refractivity contribution in [3.63, 3.8) is 0 Å². The van der Waals surface area contributed by atoms with E-state index in [1.54, 1.807) is 0 Å². The van der Waals surface area contributed by atoms with E-state index in [9.17, 15) is 0 Å². The highest BCUT2D eigenvalue weighted by Crippen LogP contribution is 2.30. The Balaban J connectivity index is 2.23. The number of nitrogens with zero attached hydrogens (tertiary/aromatic N) is 3. The van der Waals surface area contributed by atoms with Gasteiger partial charge in [0.15, 0.2) is 0 Å². The molecule has 0 radical (unpaired) electrons. The first-order chi connectivity index (χ1) is 10.3. The average molecular weight is 303 g/mol. The highest BCUT2D eigenvalue weighted by Gasteiger charge is 2.22. The fourth-order valence-corrected chi connectivity index (χ4v) is 3.76. The second-order valence-electron chi connectivity index (χ2n) is 5.37. The first kappa shape index (κ1) is 16.1. The molecule has 1 aromatic carbocycles. The summed E-state index contributed by atoms with van der Waals surface area (Å²) >= 11 is 1.95. The summed E-state index contributed by atoms with van der Waals surface area (Å²) < 4.78 is 2.09. The van der Waals surface area contributed by atoms with Crippen molar-refractivity contribution in [1.82, 2.24) is 15.0 Å². The molecule has 1 unspecified atom stereocenters. The van der Waals surface area contributed by atoms with E-state index in [1.165, 1.54) is 19.3 Å². The van der Waals surface area contributed by atoms with Gasteiger partial charge in [-0.2, -0.15) is 11.8 Å². The fraction of sp³-hybridized carbons (Fsp3) is 0.529. The van der Waals surface area contributed by atoms with Crippen LogP contribution in [-0.2, 0) is 0 Å². The third kappa shape index (κ3) is 4.10. The number of hydrogen-bond acceptors (Lipinski definition) is 3. The lowest BCUT2D eigenvalue weighted by Crippen LogP contribution is -2.22. The molecule has 2 rings (SSSR count). The molecule has 21 heavy (non-hydrogen) atoms. The van der Waals surface area contributed by atoms with Crippen LogP contribution in [0.15, 0.2) is 36.5 Å². The Morgan fingerprint density at radius 2 is 1.81 bits per heavy atom. The first-order valence-corrected chi connectivity index (χ1v) is 9.09. The van der Waals surface area contributed by atoms with Gasteiger partial charge >= 0.3 is 0 Å². The summed E-state index contributed by atoms with van der Waals surface area (Å²) in [6.07, 6.45) is 9.08. The molecule has 0 fully saturated rings. The first-order valence-electron chi connectivity index (χ1n) is 7.80. The molecule has 1 aromatic heterocycles. The monoisotopic (exact) mass is 303 g/mol. The van der Waals surface area contributed by atoms with Gasteiger partial charge in [0.05, 0.1) is 12.2 Å².